The number of hydrogen-bond acceptors (Lipinski definition) is 6. The number of methoxy groups -OCH3 is 1. The fourth-order valence-electron chi connectivity index (χ4n) is 1.48. The van der Waals surface area contributed by atoms with Crippen molar-refractivity contribution in [3.8, 4) is 0 Å². The summed E-state index contributed by atoms with van der Waals surface area (Å²) in [5.41, 5.74) is 0.762. The minimum Gasteiger partial charge on any atom is -0.453 e. The van der Waals surface area contributed by atoms with Gasteiger partial charge in [-0.05, 0) is 12.1 Å². The van der Waals surface area contributed by atoms with E-state index in [0.717, 1.165) is 5.69 Å². The van der Waals surface area contributed by atoms with Gasteiger partial charge in [0.15, 0.2) is 5.82 Å². The van der Waals surface area contributed by atoms with Crippen LogP contribution in [0.3, 0.4) is 0 Å². The zero-order chi connectivity index (χ0) is 15.1. The van der Waals surface area contributed by atoms with E-state index in [1.54, 1.807) is 12.3 Å². The first-order valence-electron chi connectivity index (χ1n) is 6.09. The molecular formula is C12H14N6O3. The summed E-state index contributed by atoms with van der Waals surface area (Å²) in [6.45, 7) is 0.324. The van der Waals surface area contributed by atoms with Gasteiger partial charge in [0.25, 0.3) is 0 Å². The first-order chi connectivity index (χ1) is 10.2. The van der Waals surface area contributed by atoms with E-state index in [1.165, 1.54) is 18.0 Å². The van der Waals surface area contributed by atoms with Gasteiger partial charge in [-0.3, -0.25) is 15.1 Å². The highest BCUT2D eigenvalue weighted by Crippen LogP contribution is 2.00. The molecule has 0 atom stereocenters. The van der Waals surface area contributed by atoms with E-state index >= 15 is 0 Å². The van der Waals surface area contributed by atoms with Crippen LogP contribution in [0.25, 0.3) is 0 Å². The number of amides is 2. The average molecular weight is 290 g/mol. The quantitative estimate of drug-likeness (QED) is 0.812. The van der Waals surface area contributed by atoms with Gasteiger partial charge in [-0.2, -0.15) is 0 Å². The van der Waals surface area contributed by atoms with E-state index in [2.05, 4.69) is 30.7 Å². The molecule has 21 heavy (non-hydrogen) atoms. The Kier molecular flexibility index (Phi) is 4.80. The van der Waals surface area contributed by atoms with Crippen LogP contribution in [-0.2, 0) is 22.6 Å². The zero-order valence-corrected chi connectivity index (χ0v) is 11.3. The molecule has 0 saturated heterocycles. The van der Waals surface area contributed by atoms with Crippen molar-refractivity contribution in [3.63, 3.8) is 0 Å². The number of nitrogens with zero attached hydrogens (tertiary/aromatic N) is 4. The number of anilines is 1. The molecule has 0 aliphatic carbocycles. The Morgan fingerprint density at radius 3 is 2.95 bits per heavy atom. The molecule has 2 rings (SSSR count). The summed E-state index contributed by atoms with van der Waals surface area (Å²) < 4.78 is 5.72. The molecule has 0 aliphatic rings. The Morgan fingerprint density at radius 2 is 2.24 bits per heavy atom. The van der Waals surface area contributed by atoms with Gasteiger partial charge >= 0.3 is 6.09 Å². The van der Waals surface area contributed by atoms with E-state index < -0.39 is 6.09 Å². The number of nitrogens with one attached hydrogen (secondary N) is 2. The highest BCUT2D eigenvalue weighted by Gasteiger charge is 2.08. The van der Waals surface area contributed by atoms with Crippen molar-refractivity contribution >= 4 is 17.8 Å². The Hall–Kier alpha value is -2.97. The molecule has 110 valence electrons. The minimum atomic E-state index is -0.651. The van der Waals surface area contributed by atoms with Crippen molar-refractivity contribution in [1.82, 2.24) is 25.3 Å². The first kappa shape index (κ1) is 14.4. The van der Waals surface area contributed by atoms with Crippen molar-refractivity contribution in [1.29, 1.82) is 0 Å². The van der Waals surface area contributed by atoms with Crippen LogP contribution in [0.5, 0.6) is 0 Å². The Balaban J connectivity index is 1.81. The summed E-state index contributed by atoms with van der Waals surface area (Å²) in [4.78, 5) is 26.8. The zero-order valence-electron chi connectivity index (χ0n) is 11.3. The number of hydrogen-bond donors (Lipinski definition) is 2. The molecule has 0 spiro atoms. The lowest BCUT2D eigenvalue weighted by molar-refractivity contribution is -0.122. The van der Waals surface area contributed by atoms with Crippen molar-refractivity contribution < 1.29 is 14.3 Å². The van der Waals surface area contributed by atoms with Crippen LogP contribution in [0.2, 0.25) is 0 Å². The van der Waals surface area contributed by atoms with E-state index in [1.807, 2.05) is 12.1 Å². The summed E-state index contributed by atoms with van der Waals surface area (Å²) in [5.74, 6) is -0.0328. The number of pyridine rings is 1. The molecule has 0 saturated carbocycles. The van der Waals surface area contributed by atoms with Gasteiger partial charge in [0, 0.05) is 6.20 Å². The molecule has 9 heteroatoms. The monoisotopic (exact) mass is 290 g/mol. The van der Waals surface area contributed by atoms with Crippen LogP contribution >= 0.6 is 0 Å². The topological polar surface area (TPSA) is 111 Å². The third-order valence-corrected chi connectivity index (χ3v) is 2.45. The fourth-order valence-corrected chi connectivity index (χ4v) is 1.48. The Bertz CT molecular complexity index is 612. The lowest BCUT2D eigenvalue weighted by Gasteiger charge is -2.04. The van der Waals surface area contributed by atoms with Crippen LogP contribution in [-0.4, -0.2) is 39.1 Å². The van der Waals surface area contributed by atoms with Gasteiger partial charge < -0.3 is 10.1 Å². The van der Waals surface area contributed by atoms with Crippen LogP contribution in [0, 0.1) is 0 Å². The fraction of sp³-hybridized carbons (Fsp3) is 0.250. The van der Waals surface area contributed by atoms with Crippen molar-refractivity contribution in [2.45, 2.75) is 13.1 Å². The second kappa shape index (κ2) is 6.98. The van der Waals surface area contributed by atoms with Crippen molar-refractivity contribution in [2.24, 2.45) is 0 Å². The second-order valence-corrected chi connectivity index (χ2v) is 4.02. The number of ether oxygens (including phenoxy) is 1. The highest BCUT2D eigenvalue weighted by atomic mass is 16.5. The lowest BCUT2D eigenvalue weighted by atomic mass is 10.3. The predicted octanol–water partition coefficient (Wildman–Crippen LogP) is 0.168. The van der Waals surface area contributed by atoms with Crippen molar-refractivity contribution in [3.05, 3.63) is 36.3 Å². The molecular weight excluding hydrogens is 276 g/mol. The molecule has 0 unspecified atom stereocenters. The molecule has 2 heterocycles. The maximum atomic E-state index is 11.7. The third kappa shape index (κ3) is 4.56. The number of rotatable bonds is 5. The van der Waals surface area contributed by atoms with Crippen LogP contribution in [0.4, 0.5) is 10.6 Å². The second-order valence-electron chi connectivity index (χ2n) is 4.02. The van der Waals surface area contributed by atoms with Crippen molar-refractivity contribution in [2.75, 3.05) is 12.4 Å². The van der Waals surface area contributed by atoms with E-state index in [9.17, 15) is 9.59 Å². The number of carbonyl (C=O) groups excluding carboxylic acids is 2. The normalized spacial score (nSPS) is 9.95. The number of carbonyl (C=O) groups is 2. The number of aromatic nitrogens is 4. The van der Waals surface area contributed by atoms with Gasteiger partial charge in [0.1, 0.15) is 6.54 Å². The summed E-state index contributed by atoms with van der Waals surface area (Å²) in [6, 6.07) is 5.46. The molecule has 0 aromatic carbocycles. The van der Waals surface area contributed by atoms with E-state index in [4.69, 9.17) is 0 Å². The molecule has 0 radical (unpaired) electrons. The average Bonchev–Trinajstić information content (AvgIpc) is 2.93. The molecule has 9 nitrogen and oxygen atoms in total. The molecule has 0 aliphatic heterocycles. The molecule has 0 fully saturated rings. The van der Waals surface area contributed by atoms with Crippen LogP contribution in [0.1, 0.15) is 5.69 Å². The summed E-state index contributed by atoms with van der Waals surface area (Å²) >= 11 is 0. The molecule has 2 N–H and O–H groups in total. The third-order valence-electron chi connectivity index (χ3n) is 2.45. The first-order valence-corrected chi connectivity index (χ1v) is 6.09. The largest absolute Gasteiger partial charge is 0.453 e. The van der Waals surface area contributed by atoms with Crippen LogP contribution in [0.15, 0.2) is 30.6 Å². The minimum absolute atomic E-state index is 0.0112. The SMILES string of the molecule is COC(=O)Nc1cn(CC(=O)NCc2ccccn2)nn1. The lowest BCUT2D eigenvalue weighted by Crippen LogP contribution is -2.27. The predicted molar refractivity (Wildman–Crippen MR) is 72.1 cm³/mol. The maximum absolute atomic E-state index is 11.7. The summed E-state index contributed by atoms with van der Waals surface area (Å²) in [7, 11) is 1.24. The van der Waals surface area contributed by atoms with Gasteiger partial charge in [-0.15, -0.1) is 5.10 Å². The van der Waals surface area contributed by atoms with Gasteiger partial charge in [-0.1, -0.05) is 11.3 Å². The summed E-state index contributed by atoms with van der Waals surface area (Å²) in [6.07, 6.45) is 2.43. The maximum Gasteiger partial charge on any atom is 0.412 e. The highest BCUT2D eigenvalue weighted by molar-refractivity contribution is 5.82. The smallest absolute Gasteiger partial charge is 0.412 e. The van der Waals surface area contributed by atoms with Gasteiger partial charge in [-0.25, -0.2) is 9.48 Å². The molecule has 0 bridgehead atoms. The van der Waals surface area contributed by atoms with E-state index in [0.29, 0.717) is 6.54 Å². The Labute approximate surface area is 120 Å². The molecule has 2 aromatic heterocycles. The van der Waals surface area contributed by atoms with Crippen LogP contribution < -0.4 is 10.6 Å². The Morgan fingerprint density at radius 1 is 1.38 bits per heavy atom. The van der Waals surface area contributed by atoms with Gasteiger partial charge in [0.05, 0.1) is 25.5 Å². The molecule has 2 aromatic rings. The summed E-state index contributed by atoms with van der Waals surface area (Å²) in [5, 5.41) is 12.5. The van der Waals surface area contributed by atoms with Gasteiger partial charge in [0.2, 0.25) is 5.91 Å². The molecule has 2 amide bonds. The standard InChI is InChI=1S/C12H14N6O3/c1-21-12(20)15-10-7-18(17-16-10)8-11(19)14-6-9-4-2-3-5-13-9/h2-5,7H,6,8H2,1H3,(H,14,19)(H,15,20). The van der Waals surface area contributed by atoms with E-state index in [-0.39, 0.29) is 18.3 Å².